The second-order valence-corrected chi connectivity index (χ2v) is 6.35. The smallest absolute Gasteiger partial charge is 0.402 e. The van der Waals surface area contributed by atoms with E-state index in [1.807, 2.05) is 0 Å². The summed E-state index contributed by atoms with van der Waals surface area (Å²) >= 11 is 0. The van der Waals surface area contributed by atoms with Crippen molar-refractivity contribution in [2.24, 2.45) is 0 Å². The molecule has 6 heteroatoms. The van der Waals surface area contributed by atoms with Gasteiger partial charge in [-0.2, -0.15) is 0 Å². The highest BCUT2D eigenvalue weighted by atomic mass is 33.1. The van der Waals surface area contributed by atoms with Crippen LogP contribution in [0.2, 0.25) is 0 Å². The molecule has 1 saturated heterocycles. The molecule has 19 heavy (non-hydrogen) atoms. The Balaban J connectivity index is 2.55. The van der Waals surface area contributed by atoms with Crippen molar-refractivity contribution in [1.82, 2.24) is 4.81 Å². The molecule has 1 rings (SSSR count). The van der Waals surface area contributed by atoms with Gasteiger partial charge in [0.05, 0.1) is 0 Å². The minimum absolute atomic E-state index is 0.0218. The monoisotopic (exact) mass is 293 g/mol. The largest absolute Gasteiger partial charge is 0.411 e. The van der Waals surface area contributed by atoms with E-state index in [1.54, 1.807) is 45.9 Å². The van der Waals surface area contributed by atoms with E-state index in [0.29, 0.717) is 5.76 Å². The van der Waals surface area contributed by atoms with Gasteiger partial charge in [-0.05, 0) is 18.6 Å². The fourth-order valence-electron chi connectivity index (χ4n) is 1.35. The molecule has 1 heterocycles. The molecule has 1 fully saturated rings. The number of carbonyl (C=O) groups is 1. The molecule has 0 N–H and O–H groups in total. The van der Waals surface area contributed by atoms with Crippen LogP contribution in [0.5, 0.6) is 0 Å². The number of carbonyl (C=O) groups excluding carboxylic acids is 1. The van der Waals surface area contributed by atoms with E-state index < -0.39 is 6.09 Å². The van der Waals surface area contributed by atoms with Crippen molar-refractivity contribution in [1.29, 1.82) is 0 Å². The number of rotatable bonds is 5. The molecular weight excluding hydrogens is 277 g/mol. The van der Waals surface area contributed by atoms with Gasteiger partial charge in [0.2, 0.25) is 7.98 Å². The van der Waals surface area contributed by atoms with E-state index >= 15 is 0 Å². The van der Waals surface area contributed by atoms with Crippen molar-refractivity contribution < 1.29 is 9.53 Å². The summed E-state index contributed by atoms with van der Waals surface area (Å²) in [6.45, 7) is 7.14. The van der Waals surface area contributed by atoms with Crippen LogP contribution >= 0.6 is 21.6 Å². The second-order valence-electron chi connectivity index (χ2n) is 3.72. The van der Waals surface area contributed by atoms with Crippen LogP contribution in [0, 0.1) is 0 Å². The number of hydrogen-bond donors (Lipinski definition) is 0. The highest BCUT2D eigenvalue weighted by Crippen LogP contribution is 2.31. The summed E-state index contributed by atoms with van der Waals surface area (Å²) in [7, 11) is 9.31. The van der Waals surface area contributed by atoms with E-state index in [9.17, 15) is 4.79 Å². The van der Waals surface area contributed by atoms with E-state index in [-0.39, 0.29) is 6.04 Å². The average Bonchev–Trinajstić information content (AvgIpc) is 2.46. The van der Waals surface area contributed by atoms with Crippen molar-refractivity contribution in [3.8, 4) is 0 Å². The maximum atomic E-state index is 11.9. The van der Waals surface area contributed by atoms with Gasteiger partial charge in [0.25, 0.3) is 0 Å². The molecule has 0 bridgehead atoms. The van der Waals surface area contributed by atoms with E-state index in [1.165, 1.54) is 10.9 Å². The molecule has 0 saturated carbocycles. The summed E-state index contributed by atoms with van der Waals surface area (Å²) in [5.74, 6) is 2.17. The van der Waals surface area contributed by atoms with Crippen molar-refractivity contribution in [2.45, 2.75) is 12.5 Å². The lowest BCUT2D eigenvalue weighted by Gasteiger charge is -2.30. The second kappa shape index (κ2) is 8.99. The zero-order valence-electron chi connectivity index (χ0n) is 10.7. The van der Waals surface area contributed by atoms with Crippen LogP contribution in [-0.2, 0) is 4.74 Å². The topological polar surface area (TPSA) is 29.5 Å². The zero-order valence-corrected chi connectivity index (χ0v) is 12.3. The maximum absolute atomic E-state index is 11.9. The van der Waals surface area contributed by atoms with Gasteiger partial charge in [0.15, 0.2) is 0 Å². The predicted molar refractivity (Wildman–Crippen MR) is 85.0 cm³/mol. The van der Waals surface area contributed by atoms with Gasteiger partial charge in [-0.1, -0.05) is 53.0 Å². The summed E-state index contributed by atoms with van der Waals surface area (Å²) in [5.41, 5.74) is 0. The van der Waals surface area contributed by atoms with Gasteiger partial charge in [0, 0.05) is 17.5 Å². The molecule has 1 amide bonds. The van der Waals surface area contributed by atoms with Crippen LogP contribution in [0.25, 0.3) is 0 Å². The first kappa shape index (κ1) is 16.1. The number of hydrogen-bond acceptors (Lipinski definition) is 4. The Labute approximate surface area is 123 Å². The van der Waals surface area contributed by atoms with Gasteiger partial charge >= 0.3 is 6.09 Å². The fourth-order valence-corrected chi connectivity index (χ4v) is 3.82. The number of ether oxygens (including phenoxy) is 1. The Morgan fingerprint density at radius 3 is 2.74 bits per heavy atom. The highest BCUT2D eigenvalue weighted by Gasteiger charge is 2.23. The van der Waals surface area contributed by atoms with Crippen molar-refractivity contribution in [3.05, 3.63) is 49.3 Å². The molecule has 0 aromatic carbocycles. The van der Waals surface area contributed by atoms with Gasteiger partial charge in [0.1, 0.15) is 5.76 Å². The van der Waals surface area contributed by atoms with Crippen LogP contribution in [0.1, 0.15) is 6.42 Å². The predicted octanol–water partition coefficient (Wildman–Crippen LogP) is 3.47. The lowest BCUT2D eigenvalue weighted by Crippen LogP contribution is -2.41. The Morgan fingerprint density at radius 2 is 2.16 bits per heavy atom. The summed E-state index contributed by atoms with van der Waals surface area (Å²) in [6, 6.07) is 0.0218. The van der Waals surface area contributed by atoms with Gasteiger partial charge in [-0.25, -0.2) is 4.79 Å². The maximum Gasteiger partial charge on any atom is 0.402 e. The lowest BCUT2D eigenvalue weighted by atomic mass is 10.1. The third-order valence-electron chi connectivity index (χ3n) is 2.40. The molecule has 0 aromatic heterocycles. The molecule has 1 aliphatic rings. The van der Waals surface area contributed by atoms with Crippen LogP contribution in [0.3, 0.4) is 0 Å². The van der Waals surface area contributed by atoms with Crippen LogP contribution in [0.15, 0.2) is 49.3 Å². The minimum atomic E-state index is -0.560. The third kappa shape index (κ3) is 5.65. The van der Waals surface area contributed by atoms with Gasteiger partial charge in [-0.15, -0.1) is 0 Å². The van der Waals surface area contributed by atoms with Crippen LogP contribution < -0.4 is 0 Å². The normalized spacial score (nSPS) is 20.0. The van der Waals surface area contributed by atoms with Gasteiger partial charge in [-0.3, -0.25) is 0 Å². The first-order valence-corrected chi connectivity index (χ1v) is 8.29. The Bertz CT molecular complexity index is 390. The summed E-state index contributed by atoms with van der Waals surface area (Å²) in [6.07, 6.45) is 8.49. The standard InChI is InChI=1S/C13H16BNO2S2/c1-3-5-6-7-12(4-2)17-13(16)15(14)11-8-9-18-19-10-11/h3-7,11H,1-2,8-10H2/b6-5-,12-7+. The third-order valence-corrected chi connectivity index (χ3v) is 4.89. The Morgan fingerprint density at radius 1 is 1.37 bits per heavy atom. The molecule has 0 spiro atoms. The first-order valence-electron chi connectivity index (χ1n) is 5.81. The zero-order chi connectivity index (χ0) is 14.1. The molecule has 2 radical (unpaired) electrons. The molecule has 1 aliphatic heterocycles. The molecule has 1 unspecified atom stereocenters. The molecule has 1 atom stereocenters. The summed E-state index contributed by atoms with van der Waals surface area (Å²) in [4.78, 5) is 13.0. The fraction of sp³-hybridized carbons (Fsp3) is 0.308. The van der Waals surface area contributed by atoms with Crippen molar-refractivity contribution in [3.63, 3.8) is 0 Å². The summed E-state index contributed by atoms with van der Waals surface area (Å²) in [5, 5.41) is 0. The van der Waals surface area contributed by atoms with Gasteiger partial charge < -0.3 is 9.55 Å². The summed E-state index contributed by atoms with van der Waals surface area (Å²) < 4.78 is 5.16. The molecular formula is C13H16BNO2S2. The Hall–Kier alpha value is -1.01. The molecule has 0 aromatic rings. The van der Waals surface area contributed by atoms with Crippen molar-refractivity contribution >= 4 is 35.7 Å². The quantitative estimate of drug-likeness (QED) is 0.336. The number of amides is 1. The van der Waals surface area contributed by atoms with E-state index in [4.69, 9.17) is 12.7 Å². The Kier molecular flexibility index (Phi) is 7.59. The SMILES string of the molecule is [B]N(C(=O)O/C(C=C)=C/C=C\C=C)C1CCSSC1. The van der Waals surface area contributed by atoms with E-state index in [2.05, 4.69) is 13.2 Å². The average molecular weight is 293 g/mol. The molecule has 3 nitrogen and oxygen atoms in total. The number of nitrogens with zero attached hydrogens (tertiary/aromatic N) is 1. The number of allylic oxidation sites excluding steroid dienone is 5. The molecule has 100 valence electrons. The minimum Gasteiger partial charge on any atom is -0.411 e. The molecule has 0 aliphatic carbocycles. The van der Waals surface area contributed by atoms with Crippen LogP contribution in [-0.4, -0.2) is 36.4 Å². The lowest BCUT2D eigenvalue weighted by molar-refractivity contribution is 0.149. The first-order chi connectivity index (χ1) is 9.19. The van der Waals surface area contributed by atoms with E-state index in [0.717, 1.165) is 17.9 Å². The van der Waals surface area contributed by atoms with Crippen molar-refractivity contribution in [2.75, 3.05) is 11.5 Å². The van der Waals surface area contributed by atoms with Crippen LogP contribution in [0.4, 0.5) is 4.79 Å². The highest BCUT2D eigenvalue weighted by molar-refractivity contribution is 8.76.